The smallest absolute Gasteiger partial charge is 0.0541 e. The molecule has 5 aromatic carbocycles. The van der Waals surface area contributed by atoms with Gasteiger partial charge < -0.3 is 4.57 Å². The van der Waals surface area contributed by atoms with Crippen LogP contribution in [0.2, 0.25) is 0 Å². The van der Waals surface area contributed by atoms with Crippen LogP contribution in [0, 0.1) is 13.8 Å². The van der Waals surface area contributed by atoms with Crippen LogP contribution in [0.5, 0.6) is 0 Å². The predicted molar refractivity (Wildman–Crippen MR) is 176 cm³/mol. The van der Waals surface area contributed by atoms with E-state index in [4.69, 9.17) is 0 Å². The summed E-state index contributed by atoms with van der Waals surface area (Å²) in [5.74, 6) is 0.492. The predicted octanol–water partition coefficient (Wildman–Crippen LogP) is 11.1. The molecular weight excluding hydrogens is 494 g/mol. The van der Waals surface area contributed by atoms with Gasteiger partial charge in [-0.05, 0) is 89.9 Å². The molecule has 0 N–H and O–H groups in total. The van der Waals surface area contributed by atoms with Gasteiger partial charge in [-0.2, -0.15) is 0 Å². The maximum atomic E-state index is 2.40. The molecule has 6 aromatic rings. The average molecular weight is 530 g/mol. The molecule has 0 spiro atoms. The lowest BCUT2D eigenvalue weighted by atomic mass is 9.83. The summed E-state index contributed by atoms with van der Waals surface area (Å²) in [6.45, 7) is 6.75. The number of para-hydroxylation sites is 2. The lowest BCUT2D eigenvalue weighted by Crippen LogP contribution is -2.04. The fourth-order valence-electron chi connectivity index (χ4n) is 6.82. The summed E-state index contributed by atoms with van der Waals surface area (Å²) in [6.07, 6.45) is 8.99. The van der Waals surface area contributed by atoms with Crippen LogP contribution >= 0.6 is 0 Å². The van der Waals surface area contributed by atoms with Gasteiger partial charge in [0.1, 0.15) is 0 Å². The Balaban J connectivity index is 1.31. The SMILES string of the molecule is CCC1=CC=CCC1c1ccc(-c2cccc(C)c2-c2ccc(-n3c4ccccc4c4ccccc43)cc2C)cc1. The molecule has 1 heterocycles. The second-order valence-electron chi connectivity index (χ2n) is 11.3. The molecule has 1 aliphatic rings. The second-order valence-corrected chi connectivity index (χ2v) is 11.3. The second kappa shape index (κ2) is 10.4. The number of allylic oxidation sites excluding steroid dienone is 4. The topological polar surface area (TPSA) is 4.93 Å². The minimum absolute atomic E-state index is 0.492. The van der Waals surface area contributed by atoms with Crippen molar-refractivity contribution in [2.24, 2.45) is 0 Å². The van der Waals surface area contributed by atoms with Crippen LogP contribution in [0.25, 0.3) is 49.7 Å². The van der Waals surface area contributed by atoms with Crippen molar-refractivity contribution in [3.63, 3.8) is 0 Å². The quantitative estimate of drug-likeness (QED) is 0.209. The third-order valence-corrected chi connectivity index (χ3v) is 8.89. The molecule has 1 unspecified atom stereocenters. The molecule has 41 heavy (non-hydrogen) atoms. The zero-order valence-electron chi connectivity index (χ0n) is 24.1. The molecule has 0 radical (unpaired) electrons. The molecule has 1 aliphatic carbocycles. The van der Waals surface area contributed by atoms with E-state index in [0.29, 0.717) is 5.92 Å². The highest BCUT2D eigenvalue weighted by molar-refractivity contribution is 6.09. The van der Waals surface area contributed by atoms with Gasteiger partial charge in [0.05, 0.1) is 11.0 Å². The fraction of sp³-hybridized carbons (Fsp3) is 0.150. The lowest BCUT2D eigenvalue weighted by molar-refractivity contribution is 0.761. The molecule has 1 atom stereocenters. The van der Waals surface area contributed by atoms with Gasteiger partial charge in [0.15, 0.2) is 0 Å². The van der Waals surface area contributed by atoms with Gasteiger partial charge in [-0.1, -0.05) is 116 Å². The maximum absolute atomic E-state index is 2.40. The van der Waals surface area contributed by atoms with Crippen LogP contribution in [-0.2, 0) is 0 Å². The number of aromatic nitrogens is 1. The summed E-state index contributed by atoms with van der Waals surface area (Å²) in [7, 11) is 0. The first-order valence-corrected chi connectivity index (χ1v) is 14.8. The highest BCUT2D eigenvalue weighted by Gasteiger charge is 2.18. The summed E-state index contributed by atoms with van der Waals surface area (Å²) in [5, 5.41) is 2.58. The van der Waals surface area contributed by atoms with Crippen molar-refractivity contribution in [1.29, 1.82) is 0 Å². The van der Waals surface area contributed by atoms with E-state index in [1.165, 1.54) is 72.0 Å². The summed E-state index contributed by atoms with van der Waals surface area (Å²) < 4.78 is 2.40. The van der Waals surface area contributed by atoms with Crippen LogP contribution in [-0.4, -0.2) is 4.57 Å². The van der Waals surface area contributed by atoms with Gasteiger partial charge in [-0.15, -0.1) is 0 Å². The highest BCUT2D eigenvalue weighted by Crippen LogP contribution is 2.40. The third-order valence-electron chi connectivity index (χ3n) is 8.89. The van der Waals surface area contributed by atoms with Gasteiger partial charge in [0.2, 0.25) is 0 Å². The first-order chi connectivity index (χ1) is 20.1. The van der Waals surface area contributed by atoms with Crippen molar-refractivity contribution in [3.8, 4) is 27.9 Å². The molecule has 200 valence electrons. The number of hydrogen-bond acceptors (Lipinski definition) is 0. The molecule has 0 fully saturated rings. The fourth-order valence-corrected chi connectivity index (χ4v) is 6.82. The van der Waals surface area contributed by atoms with E-state index in [2.05, 4.69) is 153 Å². The Morgan fingerprint density at radius 2 is 1.39 bits per heavy atom. The number of nitrogens with zero attached hydrogens (tertiary/aromatic N) is 1. The van der Waals surface area contributed by atoms with Crippen LogP contribution in [0.4, 0.5) is 0 Å². The largest absolute Gasteiger partial charge is 0.309 e. The van der Waals surface area contributed by atoms with Gasteiger partial charge in [0.25, 0.3) is 0 Å². The molecule has 7 rings (SSSR count). The molecule has 1 aromatic heterocycles. The normalized spacial score (nSPS) is 15.0. The van der Waals surface area contributed by atoms with Crippen LogP contribution in [0.1, 0.15) is 42.4 Å². The Kier molecular flexibility index (Phi) is 6.44. The standard InChI is InChI=1S/C40H35N/c1-4-29-13-5-6-14-34(29)30-20-22-31(23-21-30)35-17-11-12-27(2)40(35)33-25-24-32(26-28(33)3)41-38-18-9-7-15-36(38)37-16-8-10-19-39(37)41/h5-13,15-26,34H,4,14H2,1-3H3. The van der Waals surface area contributed by atoms with Crippen molar-refractivity contribution in [2.75, 3.05) is 0 Å². The molecule has 1 nitrogen and oxygen atoms in total. The molecule has 0 saturated heterocycles. The zero-order chi connectivity index (χ0) is 27.9. The number of benzene rings is 5. The molecule has 0 amide bonds. The summed E-state index contributed by atoms with van der Waals surface area (Å²) in [4.78, 5) is 0. The molecule has 0 aliphatic heterocycles. The summed E-state index contributed by atoms with van der Waals surface area (Å²) >= 11 is 0. The van der Waals surface area contributed by atoms with E-state index >= 15 is 0 Å². The van der Waals surface area contributed by atoms with E-state index in [1.807, 2.05) is 0 Å². The van der Waals surface area contributed by atoms with E-state index in [1.54, 1.807) is 0 Å². The first kappa shape index (κ1) is 25.4. The lowest BCUT2D eigenvalue weighted by Gasteiger charge is -2.22. The monoisotopic (exact) mass is 529 g/mol. The van der Waals surface area contributed by atoms with Crippen molar-refractivity contribution in [2.45, 2.75) is 39.5 Å². The van der Waals surface area contributed by atoms with Gasteiger partial charge in [-0.25, -0.2) is 0 Å². The van der Waals surface area contributed by atoms with Crippen molar-refractivity contribution in [1.82, 2.24) is 4.57 Å². The first-order valence-electron chi connectivity index (χ1n) is 14.8. The Hall–Kier alpha value is -4.62. The van der Waals surface area contributed by atoms with Crippen LogP contribution < -0.4 is 0 Å². The van der Waals surface area contributed by atoms with E-state index < -0.39 is 0 Å². The third kappa shape index (κ3) is 4.33. The minimum atomic E-state index is 0.492. The van der Waals surface area contributed by atoms with Gasteiger partial charge in [-0.3, -0.25) is 0 Å². The van der Waals surface area contributed by atoms with Crippen molar-refractivity contribution in [3.05, 3.63) is 150 Å². The van der Waals surface area contributed by atoms with Gasteiger partial charge in [0, 0.05) is 22.4 Å². The Morgan fingerprint density at radius 3 is 2.07 bits per heavy atom. The van der Waals surface area contributed by atoms with Gasteiger partial charge >= 0.3 is 0 Å². The van der Waals surface area contributed by atoms with Crippen molar-refractivity contribution < 1.29 is 0 Å². The minimum Gasteiger partial charge on any atom is -0.309 e. The average Bonchev–Trinajstić information content (AvgIpc) is 3.36. The maximum Gasteiger partial charge on any atom is 0.0541 e. The Bertz CT molecular complexity index is 1910. The summed E-state index contributed by atoms with van der Waals surface area (Å²) in [6, 6.07) is 40.4. The highest BCUT2D eigenvalue weighted by atomic mass is 15.0. The van der Waals surface area contributed by atoms with E-state index in [0.717, 1.165) is 12.8 Å². The molecule has 1 heteroatoms. The number of hydrogen-bond donors (Lipinski definition) is 0. The van der Waals surface area contributed by atoms with E-state index in [-0.39, 0.29) is 0 Å². The number of fused-ring (bicyclic) bond motifs is 3. The van der Waals surface area contributed by atoms with Crippen LogP contribution in [0.3, 0.4) is 0 Å². The van der Waals surface area contributed by atoms with Crippen LogP contribution in [0.15, 0.2) is 133 Å². The zero-order valence-corrected chi connectivity index (χ0v) is 24.1. The number of rotatable bonds is 5. The Morgan fingerprint density at radius 1 is 0.683 bits per heavy atom. The Labute approximate surface area is 243 Å². The molecular formula is C40H35N. The number of aryl methyl sites for hydroxylation is 2. The van der Waals surface area contributed by atoms with E-state index in [9.17, 15) is 0 Å². The molecule has 0 bridgehead atoms. The summed E-state index contributed by atoms with van der Waals surface area (Å²) in [5.41, 5.74) is 14.4. The molecule has 0 saturated carbocycles. The van der Waals surface area contributed by atoms with Crippen molar-refractivity contribution >= 4 is 21.8 Å².